The standard InChI is InChI=1S/C26H26N2O4/c1-4-28-22-14-24-20(12-16(22)3)25(19-11-15(2)21(27)13-23(19)32-24)17-7-5-6-8-18(17)26(30)31-10-9-29/h5-8,11-14,29H,4,9-10,27H2,1-3H3. The number of fused-ring (bicyclic) bond motifs is 2. The molecule has 1 aliphatic heterocycles. The number of aliphatic hydroxyl groups excluding tert-OH is 1. The number of aryl methyl sites for hydroxylation is 2. The fourth-order valence-corrected chi connectivity index (χ4v) is 3.93. The van der Waals surface area contributed by atoms with Crippen LogP contribution in [0.1, 0.15) is 28.4 Å². The summed E-state index contributed by atoms with van der Waals surface area (Å²) in [6, 6.07) is 15.1. The average molecular weight is 431 g/mol. The SMILES string of the molecule is CCN=c1cc2oc3cc(N)c(C)cc3c(-c3ccccc3C(=O)OCCO)c-2cc1C. The number of esters is 1. The molecule has 0 spiro atoms. The van der Waals surface area contributed by atoms with E-state index in [0.29, 0.717) is 29.1 Å². The van der Waals surface area contributed by atoms with Crippen LogP contribution < -0.4 is 11.1 Å². The minimum Gasteiger partial charge on any atom is -0.460 e. The highest BCUT2D eigenvalue weighted by Crippen LogP contribution is 2.42. The Bertz CT molecular complexity index is 1350. The van der Waals surface area contributed by atoms with Gasteiger partial charge < -0.3 is 20.0 Å². The lowest BCUT2D eigenvalue weighted by Gasteiger charge is -2.19. The number of hydrogen-bond acceptors (Lipinski definition) is 6. The number of nitrogens with zero attached hydrogens (tertiary/aromatic N) is 1. The lowest BCUT2D eigenvalue weighted by Crippen LogP contribution is -2.11. The Morgan fingerprint density at radius 2 is 1.88 bits per heavy atom. The fourth-order valence-electron chi connectivity index (χ4n) is 3.93. The number of hydrogen-bond donors (Lipinski definition) is 2. The highest BCUT2D eigenvalue weighted by molar-refractivity contribution is 6.08. The number of aliphatic hydroxyl groups is 1. The molecule has 32 heavy (non-hydrogen) atoms. The van der Waals surface area contributed by atoms with Gasteiger partial charge in [-0.15, -0.1) is 0 Å². The zero-order valence-corrected chi connectivity index (χ0v) is 18.4. The molecule has 4 rings (SSSR count). The molecule has 0 saturated heterocycles. The molecule has 0 atom stereocenters. The first-order chi connectivity index (χ1) is 15.4. The zero-order valence-electron chi connectivity index (χ0n) is 18.4. The van der Waals surface area contributed by atoms with Gasteiger partial charge in [0, 0.05) is 40.9 Å². The number of carbonyl (C=O) groups is 1. The Morgan fingerprint density at radius 1 is 1.09 bits per heavy atom. The molecule has 6 heteroatoms. The van der Waals surface area contributed by atoms with Crippen LogP contribution in [0.2, 0.25) is 0 Å². The van der Waals surface area contributed by atoms with Gasteiger partial charge in [0.1, 0.15) is 18.0 Å². The maximum atomic E-state index is 12.8. The summed E-state index contributed by atoms with van der Waals surface area (Å²) >= 11 is 0. The molecule has 2 aromatic carbocycles. The van der Waals surface area contributed by atoms with Crippen molar-refractivity contribution in [2.45, 2.75) is 20.8 Å². The van der Waals surface area contributed by atoms with Crippen LogP contribution in [0.5, 0.6) is 0 Å². The van der Waals surface area contributed by atoms with Gasteiger partial charge >= 0.3 is 5.97 Å². The second-order valence-electron chi connectivity index (χ2n) is 7.70. The topological polar surface area (TPSA) is 98.1 Å². The fraction of sp³-hybridized carbons (Fsp3) is 0.231. The second kappa shape index (κ2) is 8.85. The largest absolute Gasteiger partial charge is 0.460 e. The average Bonchev–Trinajstić information content (AvgIpc) is 2.78. The van der Waals surface area contributed by atoms with E-state index in [2.05, 4.69) is 4.99 Å². The Hall–Kier alpha value is -3.64. The summed E-state index contributed by atoms with van der Waals surface area (Å²) in [5, 5.41) is 10.8. The molecular formula is C26H26N2O4. The molecule has 1 heterocycles. The summed E-state index contributed by atoms with van der Waals surface area (Å²) in [5.74, 6) is 0.172. The molecule has 164 valence electrons. The van der Waals surface area contributed by atoms with Gasteiger partial charge in [0.15, 0.2) is 0 Å². The van der Waals surface area contributed by atoms with Gasteiger partial charge in [-0.05, 0) is 55.7 Å². The van der Waals surface area contributed by atoms with Crippen molar-refractivity contribution < 1.29 is 19.1 Å². The number of carbonyl (C=O) groups excluding carboxylic acids is 1. The van der Waals surface area contributed by atoms with Crippen molar-refractivity contribution in [3.05, 3.63) is 70.6 Å². The first kappa shape index (κ1) is 21.6. The molecule has 2 aliphatic rings. The molecule has 0 bridgehead atoms. The van der Waals surface area contributed by atoms with Gasteiger partial charge in [0.2, 0.25) is 0 Å². The number of benzene rings is 3. The maximum absolute atomic E-state index is 12.8. The van der Waals surface area contributed by atoms with E-state index in [4.69, 9.17) is 20.0 Å². The van der Waals surface area contributed by atoms with Crippen molar-refractivity contribution >= 4 is 22.6 Å². The maximum Gasteiger partial charge on any atom is 0.338 e. The van der Waals surface area contributed by atoms with Crippen molar-refractivity contribution in [3.63, 3.8) is 0 Å². The van der Waals surface area contributed by atoms with Crippen molar-refractivity contribution in [1.82, 2.24) is 0 Å². The molecule has 2 aromatic rings. The highest BCUT2D eigenvalue weighted by Gasteiger charge is 2.23. The van der Waals surface area contributed by atoms with Crippen molar-refractivity contribution in [2.75, 3.05) is 25.5 Å². The quantitative estimate of drug-likeness (QED) is 0.276. The van der Waals surface area contributed by atoms with Crippen LogP contribution in [0.3, 0.4) is 0 Å². The van der Waals surface area contributed by atoms with E-state index in [0.717, 1.165) is 38.6 Å². The number of ether oxygens (including phenoxy) is 1. The monoisotopic (exact) mass is 430 g/mol. The second-order valence-corrected chi connectivity index (χ2v) is 7.70. The molecule has 0 radical (unpaired) electrons. The van der Waals surface area contributed by atoms with Crippen molar-refractivity contribution in [1.29, 1.82) is 0 Å². The molecular weight excluding hydrogens is 404 g/mol. The van der Waals surface area contributed by atoms with Crippen LogP contribution in [-0.4, -0.2) is 30.8 Å². The first-order valence-electron chi connectivity index (χ1n) is 10.6. The predicted molar refractivity (Wildman–Crippen MR) is 126 cm³/mol. The van der Waals surface area contributed by atoms with E-state index in [1.807, 2.05) is 57.2 Å². The third-order valence-electron chi connectivity index (χ3n) is 5.49. The van der Waals surface area contributed by atoms with Crippen LogP contribution >= 0.6 is 0 Å². The molecule has 3 N–H and O–H groups in total. The van der Waals surface area contributed by atoms with E-state index in [1.54, 1.807) is 12.1 Å². The van der Waals surface area contributed by atoms with Gasteiger partial charge in [-0.3, -0.25) is 4.99 Å². The smallest absolute Gasteiger partial charge is 0.338 e. The lowest BCUT2D eigenvalue weighted by atomic mass is 9.89. The van der Waals surface area contributed by atoms with Gasteiger partial charge in [0.05, 0.1) is 17.5 Å². The van der Waals surface area contributed by atoms with Crippen LogP contribution in [0.4, 0.5) is 5.69 Å². The van der Waals surface area contributed by atoms with Crippen LogP contribution in [-0.2, 0) is 4.74 Å². The first-order valence-corrected chi connectivity index (χ1v) is 10.6. The summed E-state index contributed by atoms with van der Waals surface area (Å²) in [6.45, 7) is 6.32. The third-order valence-corrected chi connectivity index (χ3v) is 5.49. The Labute approximate surface area is 186 Å². The van der Waals surface area contributed by atoms with Gasteiger partial charge in [0.25, 0.3) is 0 Å². The molecule has 1 aliphatic carbocycles. The summed E-state index contributed by atoms with van der Waals surface area (Å²) < 4.78 is 11.5. The van der Waals surface area contributed by atoms with E-state index in [9.17, 15) is 4.79 Å². The highest BCUT2D eigenvalue weighted by atomic mass is 16.5. The minimum absolute atomic E-state index is 0.0601. The van der Waals surface area contributed by atoms with Crippen LogP contribution in [0.25, 0.3) is 33.4 Å². The van der Waals surface area contributed by atoms with Crippen LogP contribution in [0.15, 0.2) is 57.9 Å². The summed E-state index contributed by atoms with van der Waals surface area (Å²) in [6.07, 6.45) is 0. The Balaban J connectivity index is 2.12. The summed E-state index contributed by atoms with van der Waals surface area (Å²) in [5.41, 5.74) is 12.3. The van der Waals surface area contributed by atoms with Gasteiger partial charge in [-0.25, -0.2) is 4.79 Å². The summed E-state index contributed by atoms with van der Waals surface area (Å²) in [4.78, 5) is 17.4. The predicted octanol–water partition coefficient (Wildman–Crippen LogP) is 4.47. The van der Waals surface area contributed by atoms with Crippen LogP contribution in [0, 0.1) is 13.8 Å². The van der Waals surface area contributed by atoms with Gasteiger partial charge in [-0.1, -0.05) is 18.2 Å². The normalized spacial score (nSPS) is 11.9. The molecule has 0 unspecified atom stereocenters. The van der Waals surface area contributed by atoms with Crippen molar-refractivity contribution in [3.8, 4) is 22.5 Å². The molecule has 0 saturated carbocycles. The lowest BCUT2D eigenvalue weighted by molar-refractivity contribution is 0.0434. The number of nitrogens with two attached hydrogens (primary N) is 1. The van der Waals surface area contributed by atoms with E-state index in [-0.39, 0.29) is 13.2 Å². The summed E-state index contributed by atoms with van der Waals surface area (Å²) in [7, 11) is 0. The molecule has 0 amide bonds. The Morgan fingerprint density at radius 3 is 2.62 bits per heavy atom. The molecule has 6 nitrogen and oxygen atoms in total. The van der Waals surface area contributed by atoms with E-state index in [1.165, 1.54) is 0 Å². The molecule has 0 fully saturated rings. The van der Waals surface area contributed by atoms with E-state index < -0.39 is 5.97 Å². The van der Waals surface area contributed by atoms with Gasteiger partial charge in [-0.2, -0.15) is 0 Å². The Kier molecular flexibility index (Phi) is 5.97. The zero-order chi connectivity index (χ0) is 22.8. The number of nitrogen functional groups attached to an aromatic ring is 1. The minimum atomic E-state index is -0.488. The molecule has 0 aromatic heterocycles. The van der Waals surface area contributed by atoms with Crippen molar-refractivity contribution in [2.24, 2.45) is 4.99 Å². The van der Waals surface area contributed by atoms with E-state index >= 15 is 0 Å². The third kappa shape index (κ3) is 3.85. The number of anilines is 1. The number of rotatable bonds is 5.